The van der Waals surface area contributed by atoms with Crippen molar-refractivity contribution in [1.29, 1.82) is 0 Å². The van der Waals surface area contributed by atoms with E-state index in [1.807, 2.05) is 56.3 Å². The van der Waals surface area contributed by atoms with Crippen molar-refractivity contribution in [3.05, 3.63) is 81.0 Å². The summed E-state index contributed by atoms with van der Waals surface area (Å²) in [7, 11) is 0. The van der Waals surface area contributed by atoms with Gasteiger partial charge in [0, 0.05) is 10.6 Å². The fraction of sp³-hybridized carbons (Fsp3) is 0.321. The summed E-state index contributed by atoms with van der Waals surface area (Å²) in [4.78, 5) is 16.2. The van der Waals surface area contributed by atoms with E-state index in [1.165, 1.54) is 16.0 Å². The molecule has 8 heteroatoms. The lowest BCUT2D eigenvalue weighted by Crippen LogP contribution is -2.22. The summed E-state index contributed by atoms with van der Waals surface area (Å²) in [6, 6.07) is 18.0. The van der Waals surface area contributed by atoms with Crippen molar-refractivity contribution in [3.63, 3.8) is 0 Å². The molecular formula is C28H28N4O2S2. The number of benzene rings is 2. The standard InChI is InChI=1S/C28H28N4O2S2/c1-17(2)34-21-12-10-19(11-13-21)16-35-28-30-29-27-31(20-7-5-4-6-8-20)25(33)24-22-14-9-18(3)15-23(22)36-26(24)32(27)28/h4-8,10-13,17-18H,9,14-16H2,1-3H3. The van der Waals surface area contributed by atoms with E-state index in [-0.39, 0.29) is 11.7 Å². The number of nitrogens with zero attached hydrogens (tertiary/aromatic N) is 4. The van der Waals surface area contributed by atoms with Crippen molar-refractivity contribution in [1.82, 2.24) is 19.2 Å². The molecule has 0 saturated carbocycles. The minimum absolute atomic E-state index is 0.000411. The number of thioether (sulfide) groups is 1. The van der Waals surface area contributed by atoms with Crippen LogP contribution >= 0.6 is 23.1 Å². The Morgan fingerprint density at radius 2 is 1.89 bits per heavy atom. The van der Waals surface area contributed by atoms with E-state index >= 15 is 0 Å². The molecule has 3 heterocycles. The molecule has 0 bridgehead atoms. The van der Waals surface area contributed by atoms with Gasteiger partial charge in [0.1, 0.15) is 10.6 Å². The predicted molar refractivity (Wildman–Crippen MR) is 147 cm³/mol. The van der Waals surface area contributed by atoms with Gasteiger partial charge < -0.3 is 4.74 Å². The molecule has 2 aromatic carbocycles. The molecule has 0 N–H and O–H groups in total. The molecule has 6 nitrogen and oxygen atoms in total. The van der Waals surface area contributed by atoms with Crippen LogP contribution in [0.3, 0.4) is 0 Å². The van der Waals surface area contributed by atoms with Crippen LogP contribution in [0.1, 0.15) is 43.2 Å². The Morgan fingerprint density at radius 1 is 1.11 bits per heavy atom. The summed E-state index contributed by atoms with van der Waals surface area (Å²) in [5.74, 6) is 2.82. The van der Waals surface area contributed by atoms with Gasteiger partial charge in [0.05, 0.1) is 17.2 Å². The first kappa shape index (κ1) is 23.3. The maximum atomic E-state index is 13.9. The van der Waals surface area contributed by atoms with Gasteiger partial charge in [0.2, 0.25) is 5.78 Å². The molecule has 184 valence electrons. The Kier molecular flexibility index (Phi) is 6.09. The van der Waals surface area contributed by atoms with Gasteiger partial charge in [-0.25, -0.2) is 8.97 Å². The molecule has 0 radical (unpaired) electrons. The molecule has 0 saturated heterocycles. The van der Waals surface area contributed by atoms with Crippen LogP contribution in [0.4, 0.5) is 0 Å². The number of ether oxygens (including phenoxy) is 1. The van der Waals surface area contributed by atoms with Gasteiger partial charge in [0.15, 0.2) is 5.16 Å². The second-order valence-electron chi connectivity index (χ2n) is 9.73. The Bertz CT molecular complexity index is 1600. The molecule has 1 aliphatic carbocycles. The first-order valence-electron chi connectivity index (χ1n) is 12.4. The number of thiophene rings is 1. The van der Waals surface area contributed by atoms with Crippen molar-refractivity contribution in [2.45, 2.75) is 57.0 Å². The van der Waals surface area contributed by atoms with E-state index in [2.05, 4.69) is 33.7 Å². The Labute approximate surface area is 217 Å². The summed E-state index contributed by atoms with van der Waals surface area (Å²) in [5, 5.41) is 10.7. The zero-order valence-corrected chi connectivity index (χ0v) is 22.2. The van der Waals surface area contributed by atoms with Gasteiger partial charge in [-0.05, 0) is 74.4 Å². The van der Waals surface area contributed by atoms with Crippen molar-refractivity contribution in [2.75, 3.05) is 0 Å². The summed E-state index contributed by atoms with van der Waals surface area (Å²) in [6.45, 7) is 6.35. The van der Waals surface area contributed by atoms with Crippen LogP contribution in [-0.2, 0) is 18.6 Å². The number of para-hydroxylation sites is 1. The first-order chi connectivity index (χ1) is 17.5. The predicted octanol–water partition coefficient (Wildman–Crippen LogP) is 6.30. The molecule has 3 aromatic heterocycles. The lowest BCUT2D eigenvalue weighted by molar-refractivity contribution is 0.242. The highest BCUT2D eigenvalue weighted by Gasteiger charge is 2.27. The molecule has 0 spiro atoms. The van der Waals surface area contributed by atoms with Crippen LogP contribution in [0.25, 0.3) is 21.7 Å². The molecule has 1 atom stereocenters. The Morgan fingerprint density at radius 3 is 2.64 bits per heavy atom. The quantitative estimate of drug-likeness (QED) is 0.248. The average molecular weight is 517 g/mol. The second-order valence-corrected chi connectivity index (χ2v) is 11.8. The minimum atomic E-state index is 0.000411. The van der Waals surface area contributed by atoms with Crippen LogP contribution in [0, 0.1) is 5.92 Å². The highest BCUT2D eigenvalue weighted by Crippen LogP contribution is 2.38. The largest absolute Gasteiger partial charge is 0.491 e. The third-order valence-corrected chi connectivity index (χ3v) is 8.85. The van der Waals surface area contributed by atoms with Gasteiger partial charge in [-0.3, -0.25) is 4.79 Å². The van der Waals surface area contributed by atoms with Crippen LogP contribution < -0.4 is 10.3 Å². The van der Waals surface area contributed by atoms with E-state index in [0.29, 0.717) is 11.7 Å². The number of aromatic nitrogens is 4. The number of fused-ring (bicyclic) bond motifs is 5. The first-order valence-corrected chi connectivity index (χ1v) is 14.2. The third-order valence-electron chi connectivity index (χ3n) is 6.61. The van der Waals surface area contributed by atoms with Gasteiger partial charge in [-0.1, -0.05) is 49.0 Å². The minimum Gasteiger partial charge on any atom is -0.491 e. The molecular weight excluding hydrogens is 488 g/mol. The fourth-order valence-electron chi connectivity index (χ4n) is 4.89. The molecule has 1 aliphatic rings. The van der Waals surface area contributed by atoms with E-state index in [9.17, 15) is 4.79 Å². The summed E-state index contributed by atoms with van der Waals surface area (Å²) >= 11 is 3.38. The van der Waals surface area contributed by atoms with E-state index in [1.54, 1.807) is 27.7 Å². The second kappa shape index (κ2) is 9.41. The molecule has 5 aromatic rings. The molecule has 1 unspecified atom stereocenters. The highest BCUT2D eigenvalue weighted by atomic mass is 32.2. The molecule has 36 heavy (non-hydrogen) atoms. The maximum Gasteiger partial charge on any atom is 0.268 e. The van der Waals surface area contributed by atoms with E-state index < -0.39 is 0 Å². The van der Waals surface area contributed by atoms with Crippen LogP contribution in [0.5, 0.6) is 5.75 Å². The lowest BCUT2D eigenvalue weighted by Gasteiger charge is -2.17. The zero-order valence-electron chi connectivity index (χ0n) is 20.6. The number of hydrogen-bond donors (Lipinski definition) is 0. The number of hydrogen-bond acceptors (Lipinski definition) is 6. The zero-order chi connectivity index (χ0) is 24.8. The highest BCUT2D eigenvalue weighted by molar-refractivity contribution is 7.98. The molecule has 6 rings (SSSR count). The van der Waals surface area contributed by atoms with Crippen LogP contribution in [0.2, 0.25) is 0 Å². The topological polar surface area (TPSA) is 61.4 Å². The molecule has 0 fully saturated rings. The van der Waals surface area contributed by atoms with Gasteiger partial charge in [0.25, 0.3) is 5.56 Å². The summed E-state index contributed by atoms with van der Waals surface area (Å²) < 4.78 is 9.60. The van der Waals surface area contributed by atoms with E-state index in [4.69, 9.17) is 4.74 Å². The Hall–Kier alpha value is -3.10. The van der Waals surface area contributed by atoms with Crippen LogP contribution in [0.15, 0.2) is 64.5 Å². The fourth-order valence-corrected chi connectivity index (χ4v) is 7.34. The lowest BCUT2D eigenvalue weighted by atomic mass is 9.89. The van der Waals surface area contributed by atoms with Gasteiger partial charge in [-0.2, -0.15) is 0 Å². The van der Waals surface area contributed by atoms with Gasteiger partial charge in [-0.15, -0.1) is 21.5 Å². The summed E-state index contributed by atoms with van der Waals surface area (Å²) in [5.41, 5.74) is 3.21. The van der Waals surface area contributed by atoms with Crippen molar-refractivity contribution >= 4 is 39.1 Å². The monoisotopic (exact) mass is 516 g/mol. The third kappa shape index (κ3) is 4.12. The number of aryl methyl sites for hydroxylation is 1. The van der Waals surface area contributed by atoms with Crippen LogP contribution in [-0.4, -0.2) is 25.3 Å². The average Bonchev–Trinajstić information content (AvgIpc) is 3.45. The maximum absolute atomic E-state index is 13.9. The van der Waals surface area contributed by atoms with E-state index in [0.717, 1.165) is 51.8 Å². The Balaban J connectivity index is 1.47. The smallest absolute Gasteiger partial charge is 0.268 e. The van der Waals surface area contributed by atoms with Crippen molar-refractivity contribution in [3.8, 4) is 11.4 Å². The normalized spacial score (nSPS) is 15.6. The molecule has 0 aliphatic heterocycles. The number of rotatable bonds is 6. The van der Waals surface area contributed by atoms with Crippen molar-refractivity contribution < 1.29 is 4.74 Å². The SMILES string of the molecule is CC1CCc2c(sc3c2c(=O)n(-c2ccccc2)c2nnc(SCc4ccc(OC(C)C)cc4)n32)C1. The van der Waals surface area contributed by atoms with Crippen molar-refractivity contribution in [2.24, 2.45) is 5.92 Å². The van der Waals surface area contributed by atoms with Gasteiger partial charge >= 0.3 is 0 Å². The summed E-state index contributed by atoms with van der Waals surface area (Å²) in [6.07, 6.45) is 3.23. The molecule has 0 amide bonds.